The third-order valence-electron chi connectivity index (χ3n) is 7.58. The SMILES string of the molecule is C/C=C\c1cc(-c2cc(-c3ccc(N4CCN(CCCC(F)F)CC4)c(CN(C)C)c3)c(F)nc2N)ccc1C(C)=O. The molecule has 2 N–H and O–H groups in total. The van der Waals surface area contributed by atoms with Gasteiger partial charge in [-0.3, -0.25) is 9.69 Å². The molecule has 1 fully saturated rings. The number of piperazine rings is 1. The Morgan fingerprint density at radius 3 is 2.38 bits per heavy atom. The fraction of sp³-hybridized carbons (Fsp3) is 0.394. The van der Waals surface area contributed by atoms with Gasteiger partial charge in [0.15, 0.2) is 5.78 Å². The molecule has 3 aromatic rings. The maximum Gasteiger partial charge on any atom is 0.238 e. The second-order valence-electron chi connectivity index (χ2n) is 11.1. The van der Waals surface area contributed by atoms with Crippen LogP contribution in [0.5, 0.6) is 0 Å². The van der Waals surface area contributed by atoms with Crippen LogP contribution in [0.1, 0.15) is 48.2 Å². The van der Waals surface area contributed by atoms with Crippen molar-refractivity contribution < 1.29 is 18.0 Å². The minimum Gasteiger partial charge on any atom is -0.383 e. The molecule has 0 radical (unpaired) electrons. The number of carbonyl (C=O) groups is 1. The molecular formula is C33H40F3N5O. The molecule has 42 heavy (non-hydrogen) atoms. The van der Waals surface area contributed by atoms with Gasteiger partial charge in [-0.25, -0.2) is 13.8 Å². The largest absolute Gasteiger partial charge is 0.383 e. The molecule has 9 heteroatoms. The predicted molar refractivity (Wildman–Crippen MR) is 165 cm³/mol. The molecule has 1 aliphatic heterocycles. The standard InChI is InChI=1S/C33H40F3N5O/c1-5-7-23-18-25(9-11-27(23)22(2)42)29-20-28(32(36)38-33(29)37)24-10-12-30(26(19-24)21-39(3)4)41-16-14-40(15-17-41)13-6-8-31(34)35/h5,7,9-12,18-20,31H,6,8,13-17,21H2,1-4H3,(H2,37,38)/b7-5-. The summed E-state index contributed by atoms with van der Waals surface area (Å²) in [7, 11) is 3.99. The Kier molecular flexibility index (Phi) is 10.4. The number of aromatic nitrogens is 1. The number of hydrogen-bond acceptors (Lipinski definition) is 6. The zero-order valence-electron chi connectivity index (χ0n) is 24.8. The first-order chi connectivity index (χ1) is 20.1. The minimum atomic E-state index is -2.25. The van der Waals surface area contributed by atoms with E-state index in [2.05, 4.69) is 19.7 Å². The molecule has 4 rings (SSSR count). The van der Waals surface area contributed by atoms with E-state index in [1.54, 1.807) is 12.1 Å². The van der Waals surface area contributed by atoms with E-state index in [-0.39, 0.29) is 18.0 Å². The van der Waals surface area contributed by atoms with E-state index >= 15 is 4.39 Å². The average molecular weight is 580 g/mol. The van der Waals surface area contributed by atoms with Crippen LogP contribution in [-0.2, 0) is 6.54 Å². The number of benzene rings is 2. The molecule has 0 aliphatic carbocycles. The van der Waals surface area contributed by atoms with E-state index in [0.29, 0.717) is 41.8 Å². The van der Waals surface area contributed by atoms with Crippen LogP contribution in [0.3, 0.4) is 0 Å². The lowest BCUT2D eigenvalue weighted by Crippen LogP contribution is -2.47. The van der Waals surface area contributed by atoms with Crippen molar-refractivity contribution in [2.45, 2.75) is 39.7 Å². The van der Waals surface area contributed by atoms with Crippen molar-refractivity contribution in [1.82, 2.24) is 14.8 Å². The van der Waals surface area contributed by atoms with Gasteiger partial charge in [0, 0.05) is 61.5 Å². The number of alkyl halides is 2. The summed E-state index contributed by atoms with van der Waals surface area (Å²) in [5.41, 5.74) is 12.1. The molecule has 0 spiro atoms. The van der Waals surface area contributed by atoms with E-state index in [0.717, 1.165) is 48.6 Å². The first kappa shape index (κ1) is 31.3. The van der Waals surface area contributed by atoms with Crippen LogP contribution >= 0.6 is 0 Å². The fourth-order valence-electron chi connectivity index (χ4n) is 5.52. The highest BCUT2D eigenvalue weighted by atomic mass is 19.3. The van der Waals surface area contributed by atoms with Gasteiger partial charge in [0.25, 0.3) is 0 Å². The average Bonchev–Trinajstić information content (AvgIpc) is 2.93. The summed E-state index contributed by atoms with van der Waals surface area (Å²) in [6.07, 6.45) is 1.92. The minimum absolute atomic E-state index is 0.0396. The Balaban J connectivity index is 1.65. The Morgan fingerprint density at radius 1 is 1.05 bits per heavy atom. The second-order valence-corrected chi connectivity index (χ2v) is 11.1. The molecule has 0 unspecified atom stereocenters. The summed E-state index contributed by atoms with van der Waals surface area (Å²) >= 11 is 0. The molecule has 6 nitrogen and oxygen atoms in total. The highest BCUT2D eigenvalue weighted by Crippen LogP contribution is 2.35. The van der Waals surface area contributed by atoms with E-state index in [4.69, 9.17) is 5.73 Å². The van der Waals surface area contributed by atoms with Crippen LogP contribution in [0.15, 0.2) is 48.5 Å². The van der Waals surface area contributed by atoms with E-state index in [1.807, 2.05) is 63.5 Å². The zero-order valence-corrected chi connectivity index (χ0v) is 24.8. The number of carbonyl (C=O) groups excluding carboxylic acids is 1. The Hall–Kier alpha value is -3.69. The molecule has 2 aromatic carbocycles. The topological polar surface area (TPSA) is 65.7 Å². The normalized spacial score (nSPS) is 14.5. The lowest BCUT2D eigenvalue weighted by atomic mass is 9.95. The van der Waals surface area contributed by atoms with Crippen LogP contribution in [0.2, 0.25) is 0 Å². The summed E-state index contributed by atoms with van der Waals surface area (Å²) in [6.45, 7) is 7.96. The zero-order chi connectivity index (χ0) is 30.4. The Labute approximate surface area is 246 Å². The van der Waals surface area contributed by atoms with Crippen molar-refractivity contribution in [1.29, 1.82) is 0 Å². The van der Waals surface area contributed by atoms with Gasteiger partial charge in [0.1, 0.15) is 5.82 Å². The van der Waals surface area contributed by atoms with Gasteiger partial charge in [0.2, 0.25) is 12.4 Å². The summed E-state index contributed by atoms with van der Waals surface area (Å²) in [5, 5.41) is 0. The van der Waals surface area contributed by atoms with Crippen LogP contribution in [0.4, 0.5) is 24.7 Å². The number of hydrogen-bond donors (Lipinski definition) is 1. The number of nitrogens with two attached hydrogens (primary N) is 1. The van der Waals surface area contributed by atoms with Crippen LogP contribution in [-0.4, -0.2) is 73.8 Å². The van der Waals surface area contributed by atoms with Crippen LogP contribution in [0, 0.1) is 5.95 Å². The molecule has 0 amide bonds. The number of Topliss-reactive ketones (excluding diaryl/α,β-unsaturated/α-hetero) is 1. The predicted octanol–water partition coefficient (Wildman–Crippen LogP) is 6.60. The lowest BCUT2D eigenvalue weighted by molar-refractivity contribution is 0.101. The summed E-state index contributed by atoms with van der Waals surface area (Å²) < 4.78 is 40.4. The number of nitrogens with zero attached hydrogens (tertiary/aromatic N) is 4. The number of pyridine rings is 1. The molecule has 1 aromatic heterocycles. The fourth-order valence-corrected chi connectivity index (χ4v) is 5.52. The summed E-state index contributed by atoms with van der Waals surface area (Å²) in [6, 6.07) is 13.1. The van der Waals surface area contributed by atoms with Gasteiger partial charge < -0.3 is 15.5 Å². The van der Waals surface area contributed by atoms with E-state index in [1.165, 1.54) is 6.92 Å². The van der Waals surface area contributed by atoms with Gasteiger partial charge in [0.05, 0.1) is 0 Å². The quantitative estimate of drug-likeness (QED) is 0.204. The third-order valence-corrected chi connectivity index (χ3v) is 7.58. The van der Waals surface area contributed by atoms with E-state index in [9.17, 15) is 13.6 Å². The first-order valence-corrected chi connectivity index (χ1v) is 14.3. The van der Waals surface area contributed by atoms with Crippen LogP contribution < -0.4 is 10.6 Å². The van der Waals surface area contributed by atoms with Gasteiger partial charge in [-0.1, -0.05) is 30.4 Å². The van der Waals surface area contributed by atoms with Gasteiger partial charge >= 0.3 is 0 Å². The number of ketones is 1. The molecule has 1 saturated heterocycles. The highest BCUT2D eigenvalue weighted by molar-refractivity contribution is 5.98. The second kappa shape index (κ2) is 14.0. The number of halogens is 3. The smallest absolute Gasteiger partial charge is 0.238 e. The Morgan fingerprint density at radius 2 is 1.74 bits per heavy atom. The van der Waals surface area contributed by atoms with Gasteiger partial charge in [-0.2, -0.15) is 4.39 Å². The highest BCUT2D eigenvalue weighted by Gasteiger charge is 2.21. The summed E-state index contributed by atoms with van der Waals surface area (Å²) in [4.78, 5) is 22.8. The molecule has 0 bridgehead atoms. The maximum atomic E-state index is 15.3. The van der Waals surface area contributed by atoms with Crippen LogP contribution in [0.25, 0.3) is 28.3 Å². The maximum absolute atomic E-state index is 15.3. The number of allylic oxidation sites excluding steroid dienone is 1. The molecular weight excluding hydrogens is 539 g/mol. The molecule has 2 heterocycles. The number of nitrogen functional groups attached to an aromatic ring is 1. The van der Waals surface area contributed by atoms with E-state index < -0.39 is 12.4 Å². The molecule has 1 aliphatic rings. The molecule has 0 saturated carbocycles. The van der Waals surface area contributed by atoms with Crippen molar-refractivity contribution in [2.24, 2.45) is 0 Å². The van der Waals surface area contributed by atoms with Crippen molar-refractivity contribution in [3.05, 3.63) is 71.2 Å². The lowest BCUT2D eigenvalue weighted by Gasteiger charge is -2.37. The first-order valence-electron chi connectivity index (χ1n) is 14.3. The number of rotatable bonds is 11. The summed E-state index contributed by atoms with van der Waals surface area (Å²) in [5.74, 6) is -0.608. The van der Waals surface area contributed by atoms with Gasteiger partial charge in [-0.15, -0.1) is 0 Å². The van der Waals surface area contributed by atoms with Crippen molar-refractivity contribution >= 4 is 23.4 Å². The Bertz CT molecular complexity index is 1430. The molecule has 0 atom stereocenters. The number of anilines is 2. The van der Waals surface area contributed by atoms with Crippen molar-refractivity contribution in [3.63, 3.8) is 0 Å². The third kappa shape index (κ3) is 7.57. The molecule has 224 valence electrons. The van der Waals surface area contributed by atoms with Crippen molar-refractivity contribution in [2.75, 3.05) is 57.5 Å². The van der Waals surface area contributed by atoms with Gasteiger partial charge in [-0.05, 0) is 87.4 Å². The monoisotopic (exact) mass is 579 g/mol. The van der Waals surface area contributed by atoms with Crippen molar-refractivity contribution in [3.8, 4) is 22.3 Å².